The first-order valence-corrected chi connectivity index (χ1v) is 11.7. The molecule has 0 spiro atoms. The number of nitrogens with one attached hydrogen (secondary N) is 1. The Morgan fingerprint density at radius 2 is 1.91 bits per heavy atom. The SMILES string of the molecule is O=C(CCCCNCCc1ccccc1OC(F)(F)F)c1cc2c(c(S(=O)O)c1)CCC2. The molecule has 9 heteroatoms. The fraction of sp³-hybridized carbons (Fsp3) is 0.435. The van der Waals surface area contributed by atoms with E-state index in [-0.39, 0.29) is 11.5 Å². The number of alkyl halides is 3. The fourth-order valence-electron chi connectivity index (χ4n) is 3.94. The normalized spacial score (nSPS) is 14.2. The lowest BCUT2D eigenvalue weighted by atomic mass is 10.0. The van der Waals surface area contributed by atoms with Crippen molar-refractivity contribution in [3.8, 4) is 5.75 Å². The van der Waals surface area contributed by atoms with Crippen molar-refractivity contribution >= 4 is 16.9 Å². The Labute approximate surface area is 187 Å². The maximum atomic E-state index is 12.5. The van der Waals surface area contributed by atoms with Crippen molar-refractivity contribution in [3.05, 3.63) is 58.7 Å². The van der Waals surface area contributed by atoms with Gasteiger partial charge in [0, 0.05) is 12.0 Å². The molecule has 0 fully saturated rings. The number of rotatable bonds is 11. The number of unbranched alkanes of at least 4 members (excludes halogenated alkanes) is 1. The van der Waals surface area contributed by atoms with E-state index >= 15 is 0 Å². The monoisotopic (exact) mass is 469 g/mol. The average Bonchev–Trinajstić information content (AvgIpc) is 3.20. The predicted octanol–water partition coefficient (Wildman–Crippen LogP) is 4.84. The lowest BCUT2D eigenvalue weighted by Crippen LogP contribution is -2.21. The van der Waals surface area contributed by atoms with E-state index in [0.717, 1.165) is 36.8 Å². The number of halogens is 3. The summed E-state index contributed by atoms with van der Waals surface area (Å²) in [5.74, 6) is -0.241. The van der Waals surface area contributed by atoms with Crippen LogP contribution >= 0.6 is 0 Å². The van der Waals surface area contributed by atoms with Crippen LogP contribution in [0.25, 0.3) is 0 Å². The molecule has 0 radical (unpaired) electrons. The standard InChI is InChI=1S/C23H26F3NO4S/c24-23(25,26)31-21-10-2-1-6-16(21)11-13-27-12-4-3-9-20(28)18-14-17-7-5-8-19(17)22(15-18)32(29)30/h1-2,6,10,14-15,27H,3-5,7-9,11-13H2,(H,29,30). The number of aryl methyl sites for hydroxylation is 1. The molecule has 0 aromatic heterocycles. The number of para-hydroxylation sites is 1. The molecule has 1 atom stereocenters. The van der Waals surface area contributed by atoms with Gasteiger partial charge < -0.3 is 14.6 Å². The Hall–Kier alpha value is -2.23. The van der Waals surface area contributed by atoms with Crippen LogP contribution in [0, 0.1) is 0 Å². The van der Waals surface area contributed by atoms with E-state index in [0.29, 0.717) is 48.4 Å². The van der Waals surface area contributed by atoms with Gasteiger partial charge >= 0.3 is 6.36 Å². The van der Waals surface area contributed by atoms with Gasteiger partial charge in [-0.3, -0.25) is 4.79 Å². The number of ether oxygens (including phenoxy) is 1. The molecule has 0 heterocycles. The number of ketones is 1. The van der Waals surface area contributed by atoms with Gasteiger partial charge in [0.05, 0.1) is 4.90 Å². The van der Waals surface area contributed by atoms with E-state index < -0.39 is 17.4 Å². The Kier molecular flexibility index (Phi) is 8.44. The molecular formula is C23H26F3NO4S. The topological polar surface area (TPSA) is 75.6 Å². The summed E-state index contributed by atoms with van der Waals surface area (Å²) >= 11 is -2.11. The van der Waals surface area contributed by atoms with Gasteiger partial charge in [-0.15, -0.1) is 13.2 Å². The Bertz CT molecular complexity index is 978. The third kappa shape index (κ3) is 6.88. The summed E-state index contributed by atoms with van der Waals surface area (Å²) in [7, 11) is 0. The summed E-state index contributed by atoms with van der Waals surface area (Å²) < 4.78 is 62.6. The number of fused-ring (bicyclic) bond motifs is 1. The van der Waals surface area contributed by atoms with Crippen molar-refractivity contribution in [1.29, 1.82) is 0 Å². The summed E-state index contributed by atoms with van der Waals surface area (Å²) in [4.78, 5) is 12.9. The van der Waals surface area contributed by atoms with Crippen molar-refractivity contribution in [2.24, 2.45) is 0 Å². The molecule has 5 nitrogen and oxygen atoms in total. The molecule has 1 unspecified atom stereocenters. The van der Waals surface area contributed by atoms with E-state index in [9.17, 15) is 26.7 Å². The maximum Gasteiger partial charge on any atom is 0.573 e. The molecule has 0 saturated heterocycles. The molecule has 2 aromatic rings. The quantitative estimate of drug-likeness (QED) is 0.280. The molecule has 0 bridgehead atoms. The zero-order valence-corrected chi connectivity index (χ0v) is 18.4. The lowest BCUT2D eigenvalue weighted by Gasteiger charge is -2.13. The molecule has 32 heavy (non-hydrogen) atoms. The fourth-order valence-corrected chi connectivity index (χ4v) is 4.62. The third-order valence-electron chi connectivity index (χ3n) is 5.46. The van der Waals surface area contributed by atoms with Crippen LogP contribution in [0.15, 0.2) is 41.3 Å². The summed E-state index contributed by atoms with van der Waals surface area (Å²) in [5.41, 5.74) is 2.84. The van der Waals surface area contributed by atoms with E-state index in [4.69, 9.17) is 0 Å². The van der Waals surface area contributed by atoms with Crippen LogP contribution in [-0.2, 0) is 30.3 Å². The minimum absolute atomic E-state index is 0.0513. The highest BCUT2D eigenvalue weighted by Gasteiger charge is 2.31. The molecule has 174 valence electrons. The molecule has 0 amide bonds. The zero-order chi connectivity index (χ0) is 23.1. The van der Waals surface area contributed by atoms with Crippen LogP contribution in [0.4, 0.5) is 13.2 Å². The van der Waals surface area contributed by atoms with Gasteiger partial charge in [-0.25, -0.2) is 4.21 Å². The van der Waals surface area contributed by atoms with E-state index in [1.165, 1.54) is 12.1 Å². The summed E-state index contributed by atoms with van der Waals surface area (Å²) in [5, 5.41) is 3.17. The van der Waals surface area contributed by atoms with Crippen molar-refractivity contribution in [2.45, 2.75) is 56.2 Å². The zero-order valence-electron chi connectivity index (χ0n) is 17.5. The molecular weight excluding hydrogens is 443 g/mol. The first-order chi connectivity index (χ1) is 15.2. The molecule has 2 aromatic carbocycles. The van der Waals surface area contributed by atoms with Crippen LogP contribution in [0.5, 0.6) is 5.75 Å². The third-order valence-corrected chi connectivity index (χ3v) is 6.20. The number of benzene rings is 2. The number of Topliss-reactive ketones (excluding diaryl/α,β-unsaturated/α-hetero) is 1. The van der Waals surface area contributed by atoms with Gasteiger partial charge in [0.1, 0.15) is 5.75 Å². The first kappa shape index (κ1) is 24.4. The van der Waals surface area contributed by atoms with Gasteiger partial charge in [-0.1, -0.05) is 18.2 Å². The summed E-state index contributed by atoms with van der Waals surface area (Å²) in [6.45, 7) is 1.12. The van der Waals surface area contributed by atoms with Crippen LogP contribution in [0.1, 0.15) is 52.7 Å². The smallest absolute Gasteiger partial charge is 0.406 e. The van der Waals surface area contributed by atoms with Gasteiger partial charge in [-0.2, -0.15) is 0 Å². The average molecular weight is 470 g/mol. The van der Waals surface area contributed by atoms with Crippen molar-refractivity contribution < 1.29 is 31.5 Å². The number of carbonyl (C=O) groups is 1. The summed E-state index contributed by atoms with van der Waals surface area (Å²) in [6, 6.07) is 9.45. The molecule has 1 aliphatic rings. The van der Waals surface area contributed by atoms with Crippen LogP contribution < -0.4 is 10.1 Å². The number of hydrogen-bond donors (Lipinski definition) is 2. The molecule has 3 rings (SSSR count). The van der Waals surface area contributed by atoms with Crippen molar-refractivity contribution in [1.82, 2.24) is 5.32 Å². The summed E-state index contributed by atoms with van der Waals surface area (Å²) in [6.07, 6.45) is -0.102. The minimum atomic E-state index is -4.72. The van der Waals surface area contributed by atoms with Gasteiger partial charge in [0.2, 0.25) is 0 Å². The minimum Gasteiger partial charge on any atom is -0.406 e. The van der Waals surface area contributed by atoms with Gasteiger partial charge in [0.25, 0.3) is 0 Å². The number of carbonyl (C=O) groups excluding carboxylic acids is 1. The number of hydrogen-bond acceptors (Lipinski definition) is 4. The van der Waals surface area contributed by atoms with Crippen LogP contribution in [0.2, 0.25) is 0 Å². The highest BCUT2D eigenvalue weighted by molar-refractivity contribution is 7.79. The van der Waals surface area contributed by atoms with E-state index in [1.807, 2.05) is 6.07 Å². The van der Waals surface area contributed by atoms with Gasteiger partial charge in [0.15, 0.2) is 16.9 Å². The Morgan fingerprint density at radius 3 is 2.66 bits per heavy atom. The Balaban J connectivity index is 1.40. The molecule has 0 aliphatic heterocycles. The first-order valence-electron chi connectivity index (χ1n) is 10.6. The van der Waals surface area contributed by atoms with Crippen molar-refractivity contribution in [3.63, 3.8) is 0 Å². The van der Waals surface area contributed by atoms with Crippen molar-refractivity contribution in [2.75, 3.05) is 13.1 Å². The Morgan fingerprint density at radius 1 is 1.12 bits per heavy atom. The van der Waals surface area contributed by atoms with Crippen LogP contribution in [-0.4, -0.2) is 34.0 Å². The highest BCUT2D eigenvalue weighted by Crippen LogP contribution is 2.29. The predicted molar refractivity (Wildman–Crippen MR) is 115 cm³/mol. The molecule has 2 N–H and O–H groups in total. The van der Waals surface area contributed by atoms with E-state index in [2.05, 4.69) is 10.1 Å². The lowest BCUT2D eigenvalue weighted by molar-refractivity contribution is -0.274. The molecule has 1 aliphatic carbocycles. The van der Waals surface area contributed by atoms with Gasteiger partial charge in [-0.05, 0) is 86.5 Å². The second kappa shape index (κ2) is 11.1. The second-order valence-corrected chi connectivity index (χ2v) is 8.69. The highest BCUT2D eigenvalue weighted by atomic mass is 32.2. The largest absolute Gasteiger partial charge is 0.573 e. The maximum absolute atomic E-state index is 12.5. The van der Waals surface area contributed by atoms with Crippen LogP contribution in [0.3, 0.4) is 0 Å². The molecule has 0 saturated carbocycles. The second-order valence-electron chi connectivity index (χ2n) is 7.75. The van der Waals surface area contributed by atoms with E-state index in [1.54, 1.807) is 18.2 Å².